The summed E-state index contributed by atoms with van der Waals surface area (Å²) in [6.07, 6.45) is 1.91. The van der Waals surface area contributed by atoms with Gasteiger partial charge >= 0.3 is 0 Å². The van der Waals surface area contributed by atoms with Crippen LogP contribution in [0.4, 0.5) is 8.78 Å². The maximum atomic E-state index is 12.8. The normalized spacial score (nSPS) is 10.4. The summed E-state index contributed by atoms with van der Waals surface area (Å²) in [5, 5.41) is 3.22. The fourth-order valence-corrected chi connectivity index (χ4v) is 1.30. The lowest BCUT2D eigenvalue weighted by Crippen LogP contribution is -2.18. The molecule has 0 spiro atoms. The van der Waals surface area contributed by atoms with Crippen LogP contribution in [0, 0.1) is 11.6 Å². The van der Waals surface area contributed by atoms with Crippen molar-refractivity contribution in [2.24, 2.45) is 0 Å². The minimum Gasteiger partial charge on any atom is -0.493 e. The van der Waals surface area contributed by atoms with E-state index in [4.69, 9.17) is 4.74 Å². The third-order valence-corrected chi connectivity index (χ3v) is 2.03. The quantitative estimate of drug-likeness (QED) is 0.726. The topological polar surface area (TPSA) is 21.3 Å². The van der Waals surface area contributed by atoms with Crippen LogP contribution >= 0.6 is 0 Å². The van der Waals surface area contributed by atoms with Crippen molar-refractivity contribution in [1.82, 2.24) is 5.32 Å². The van der Waals surface area contributed by atoms with Gasteiger partial charge in [0.2, 0.25) is 0 Å². The zero-order valence-corrected chi connectivity index (χ0v) is 9.43. The van der Waals surface area contributed by atoms with Crippen LogP contribution in [0.25, 0.3) is 0 Å². The SMILES string of the molecule is CCCNCCCOc1cc(F)cc(F)c1. The summed E-state index contributed by atoms with van der Waals surface area (Å²) in [6.45, 7) is 4.39. The van der Waals surface area contributed by atoms with E-state index >= 15 is 0 Å². The molecule has 0 atom stereocenters. The zero-order valence-electron chi connectivity index (χ0n) is 9.43. The van der Waals surface area contributed by atoms with E-state index in [9.17, 15) is 8.78 Å². The Morgan fingerprint density at radius 3 is 2.44 bits per heavy atom. The summed E-state index contributed by atoms with van der Waals surface area (Å²) in [4.78, 5) is 0. The maximum absolute atomic E-state index is 12.8. The Hall–Kier alpha value is -1.16. The predicted octanol–water partition coefficient (Wildman–Crippen LogP) is 2.73. The smallest absolute Gasteiger partial charge is 0.129 e. The van der Waals surface area contributed by atoms with Crippen molar-refractivity contribution in [3.05, 3.63) is 29.8 Å². The van der Waals surface area contributed by atoms with E-state index in [-0.39, 0.29) is 5.75 Å². The Kier molecular flexibility index (Phi) is 5.78. The average molecular weight is 229 g/mol. The first kappa shape index (κ1) is 12.9. The van der Waals surface area contributed by atoms with Gasteiger partial charge in [-0.3, -0.25) is 0 Å². The first-order chi connectivity index (χ1) is 7.72. The molecule has 0 aromatic heterocycles. The van der Waals surface area contributed by atoms with Crippen molar-refractivity contribution in [1.29, 1.82) is 0 Å². The van der Waals surface area contributed by atoms with E-state index in [1.807, 2.05) is 0 Å². The van der Waals surface area contributed by atoms with Gasteiger partial charge in [-0.1, -0.05) is 6.92 Å². The number of hydrogen-bond acceptors (Lipinski definition) is 2. The van der Waals surface area contributed by atoms with Crippen molar-refractivity contribution >= 4 is 0 Å². The van der Waals surface area contributed by atoms with Gasteiger partial charge in [-0.25, -0.2) is 8.78 Å². The second-order valence-electron chi connectivity index (χ2n) is 3.56. The van der Waals surface area contributed by atoms with Crippen molar-refractivity contribution in [3.8, 4) is 5.75 Å². The van der Waals surface area contributed by atoms with Crippen molar-refractivity contribution in [2.45, 2.75) is 19.8 Å². The molecule has 0 aliphatic heterocycles. The van der Waals surface area contributed by atoms with Crippen molar-refractivity contribution in [2.75, 3.05) is 19.7 Å². The van der Waals surface area contributed by atoms with Gasteiger partial charge in [-0.15, -0.1) is 0 Å². The number of halogens is 2. The van der Waals surface area contributed by atoms with Gasteiger partial charge in [-0.05, 0) is 25.9 Å². The molecule has 4 heteroatoms. The van der Waals surface area contributed by atoms with Crippen LogP contribution in [0.1, 0.15) is 19.8 Å². The molecule has 0 saturated carbocycles. The molecule has 0 amide bonds. The molecule has 1 aromatic rings. The molecule has 1 aromatic carbocycles. The lowest BCUT2D eigenvalue weighted by Gasteiger charge is -2.07. The molecule has 0 heterocycles. The summed E-state index contributed by atoms with van der Waals surface area (Å²) in [5.41, 5.74) is 0. The van der Waals surface area contributed by atoms with Gasteiger partial charge in [0.25, 0.3) is 0 Å². The number of benzene rings is 1. The average Bonchev–Trinajstić information content (AvgIpc) is 2.22. The van der Waals surface area contributed by atoms with Gasteiger partial charge in [0.1, 0.15) is 17.4 Å². The maximum Gasteiger partial charge on any atom is 0.129 e. The molecule has 0 radical (unpaired) electrons. The third-order valence-electron chi connectivity index (χ3n) is 2.03. The summed E-state index contributed by atoms with van der Waals surface area (Å²) in [6, 6.07) is 3.20. The molecule has 0 aliphatic rings. The van der Waals surface area contributed by atoms with Crippen LogP contribution in [-0.4, -0.2) is 19.7 Å². The summed E-state index contributed by atoms with van der Waals surface area (Å²) in [5.74, 6) is -0.980. The van der Waals surface area contributed by atoms with Crippen molar-refractivity contribution in [3.63, 3.8) is 0 Å². The van der Waals surface area contributed by atoms with Crippen LogP contribution in [0.5, 0.6) is 5.75 Å². The highest BCUT2D eigenvalue weighted by Gasteiger charge is 2.00. The molecule has 1 rings (SSSR count). The summed E-state index contributed by atoms with van der Waals surface area (Å²) < 4.78 is 30.8. The first-order valence-electron chi connectivity index (χ1n) is 5.52. The highest BCUT2D eigenvalue weighted by Crippen LogP contribution is 2.15. The molecule has 16 heavy (non-hydrogen) atoms. The Balaban J connectivity index is 2.21. The summed E-state index contributed by atoms with van der Waals surface area (Å²) >= 11 is 0. The van der Waals surface area contributed by atoms with Gasteiger partial charge in [0.15, 0.2) is 0 Å². The van der Waals surface area contributed by atoms with E-state index in [2.05, 4.69) is 12.2 Å². The Morgan fingerprint density at radius 1 is 1.12 bits per heavy atom. The number of nitrogens with one attached hydrogen (secondary N) is 1. The largest absolute Gasteiger partial charge is 0.493 e. The van der Waals surface area contributed by atoms with Gasteiger partial charge in [0, 0.05) is 18.2 Å². The van der Waals surface area contributed by atoms with E-state index in [1.165, 1.54) is 12.1 Å². The zero-order chi connectivity index (χ0) is 11.8. The molecule has 0 bridgehead atoms. The standard InChI is InChI=1S/C12H17F2NO/c1-2-4-15-5-3-6-16-12-8-10(13)7-11(14)9-12/h7-9,15H,2-6H2,1H3. The fraction of sp³-hybridized carbons (Fsp3) is 0.500. The van der Waals surface area contributed by atoms with Gasteiger partial charge in [0.05, 0.1) is 6.61 Å². The fourth-order valence-electron chi connectivity index (χ4n) is 1.30. The number of rotatable bonds is 7. The van der Waals surface area contributed by atoms with E-state index in [0.717, 1.165) is 32.0 Å². The molecule has 1 N–H and O–H groups in total. The van der Waals surface area contributed by atoms with E-state index in [1.54, 1.807) is 0 Å². The summed E-state index contributed by atoms with van der Waals surface area (Å²) in [7, 11) is 0. The highest BCUT2D eigenvalue weighted by atomic mass is 19.1. The second kappa shape index (κ2) is 7.17. The molecular formula is C12H17F2NO. The minimum absolute atomic E-state index is 0.244. The highest BCUT2D eigenvalue weighted by molar-refractivity contribution is 5.23. The molecule has 2 nitrogen and oxygen atoms in total. The van der Waals surface area contributed by atoms with Crippen LogP contribution in [0.2, 0.25) is 0 Å². The predicted molar refractivity (Wildman–Crippen MR) is 59.6 cm³/mol. The van der Waals surface area contributed by atoms with Crippen LogP contribution < -0.4 is 10.1 Å². The molecule has 90 valence electrons. The Morgan fingerprint density at radius 2 is 1.81 bits per heavy atom. The minimum atomic E-state index is -0.612. The second-order valence-corrected chi connectivity index (χ2v) is 3.56. The van der Waals surface area contributed by atoms with Crippen molar-refractivity contribution < 1.29 is 13.5 Å². The first-order valence-corrected chi connectivity index (χ1v) is 5.52. The Bertz CT molecular complexity index is 298. The Labute approximate surface area is 94.6 Å². The van der Waals surface area contributed by atoms with Crippen LogP contribution in [0.3, 0.4) is 0 Å². The number of ether oxygens (including phenoxy) is 1. The monoisotopic (exact) mass is 229 g/mol. The van der Waals surface area contributed by atoms with Gasteiger partial charge < -0.3 is 10.1 Å². The molecule has 0 saturated heterocycles. The lowest BCUT2D eigenvalue weighted by atomic mass is 10.3. The van der Waals surface area contributed by atoms with E-state index in [0.29, 0.717) is 6.61 Å². The molecule has 0 unspecified atom stereocenters. The van der Waals surface area contributed by atoms with Crippen LogP contribution in [0.15, 0.2) is 18.2 Å². The molecular weight excluding hydrogens is 212 g/mol. The lowest BCUT2D eigenvalue weighted by molar-refractivity contribution is 0.305. The molecule has 0 fully saturated rings. The molecule has 0 aliphatic carbocycles. The van der Waals surface area contributed by atoms with E-state index < -0.39 is 11.6 Å². The van der Waals surface area contributed by atoms with Crippen LogP contribution in [-0.2, 0) is 0 Å². The van der Waals surface area contributed by atoms with Gasteiger partial charge in [-0.2, -0.15) is 0 Å². The number of hydrogen-bond donors (Lipinski definition) is 1. The third kappa shape index (κ3) is 5.07.